The zero-order chi connectivity index (χ0) is 13.0. The van der Waals surface area contributed by atoms with Crippen LogP contribution in [0.25, 0.3) is 0 Å². The first-order valence-corrected chi connectivity index (χ1v) is 6.43. The second-order valence-corrected chi connectivity index (χ2v) is 4.61. The molecular formula is C13H19N3O2. The topological polar surface area (TPSA) is 58.4 Å². The van der Waals surface area contributed by atoms with E-state index in [4.69, 9.17) is 0 Å². The summed E-state index contributed by atoms with van der Waals surface area (Å²) in [7, 11) is 0. The third-order valence-electron chi connectivity index (χ3n) is 3.41. The molecule has 5 nitrogen and oxygen atoms in total. The number of hydrogen-bond donors (Lipinski definition) is 1. The fraction of sp³-hybridized carbons (Fsp3) is 0.538. The number of non-ortho nitro benzene ring substituents is 1. The maximum absolute atomic E-state index is 10.6. The molecule has 1 aromatic carbocycles. The second kappa shape index (κ2) is 5.82. The molecule has 0 radical (unpaired) electrons. The average molecular weight is 249 g/mol. The third-order valence-corrected chi connectivity index (χ3v) is 3.41. The molecule has 1 aromatic rings. The van der Waals surface area contributed by atoms with E-state index in [0.717, 1.165) is 25.3 Å². The molecule has 2 rings (SSSR count). The van der Waals surface area contributed by atoms with Gasteiger partial charge in [0.25, 0.3) is 5.69 Å². The van der Waals surface area contributed by atoms with E-state index in [1.54, 1.807) is 12.1 Å². The van der Waals surface area contributed by atoms with Gasteiger partial charge in [-0.15, -0.1) is 0 Å². The van der Waals surface area contributed by atoms with Crippen LogP contribution >= 0.6 is 0 Å². The van der Waals surface area contributed by atoms with Crippen LogP contribution in [-0.4, -0.2) is 30.6 Å². The molecular weight excluding hydrogens is 230 g/mol. The van der Waals surface area contributed by atoms with Crippen molar-refractivity contribution in [2.45, 2.75) is 25.8 Å². The van der Waals surface area contributed by atoms with Crippen molar-refractivity contribution in [3.63, 3.8) is 0 Å². The number of hydrogen-bond acceptors (Lipinski definition) is 4. The van der Waals surface area contributed by atoms with Crippen molar-refractivity contribution < 1.29 is 4.92 Å². The normalized spacial score (nSPS) is 18.8. The molecule has 1 N–H and O–H groups in total. The predicted molar refractivity (Wildman–Crippen MR) is 72.0 cm³/mol. The van der Waals surface area contributed by atoms with Crippen molar-refractivity contribution >= 4 is 11.4 Å². The standard InChI is InChI=1S/C13H19N3O2/c1-2-15(10-11-4-3-9-14-11)12-5-7-13(8-6-12)16(17)18/h5-8,11,14H,2-4,9-10H2,1H3. The Balaban J connectivity index is 2.04. The largest absolute Gasteiger partial charge is 0.370 e. The minimum atomic E-state index is -0.363. The molecule has 1 aliphatic heterocycles. The predicted octanol–water partition coefficient (Wildman–Crippen LogP) is 2.17. The first-order chi connectivity index (χ1) is 8.70. The van der Waals surface area contributed by atoms with Crippen LogP contribution in [0.15, 0.2) is 24.3 Å². The van der Waals surface area contributed by atoms with Crippen molar-refractivity contribution in [2.75, 3.05) is 24.5 Å². The lowest BCUT2D eigenvalue weighted by Crippen LogP contribution is -2.37. The van der Waals surface area contributed by atoms with Gasteiger partial charge in [-0.1, -0.05) is 0 Å². The first-order valence-electron chi connectivity index (χ1n) is 6.43. The van der Waals surface area contributed by atoms with Gasteiger partial charge in [-0.3, -0.25) is 10.1 Å². The summed E-state index contributed by atoms with van der Waals surface area (Å²) in [5.74, 6) is 0. The fourth-order valence-corrected chi connectivity index (χ4v) is 2.38. The molecule has 0 spiro atoms. The van der Waals surface area contributed by atoms with E-state index in [0.29, 0.717) is 6.04 Å². The average Bonchev–Trinajstić information content (AvgIpc) is 2.89. The molecule has 1 aliphatic rings. The van der Waals surface area contributed by atoms with Crippen LogP contribution in [-0.2, 0) is 0 Å². The highest BCUT2D eigenvalue weighted by Gasteiger charge is 2.17. The van der Waals surface area contributed by atoms with Crippen molar-refractivity contribution in [1.82, 2.24) is 5.32 Å². The Kier molecular flexibility index (Phi) is 4.15. The van der Waals surface area contributed by atoms with Crippen LogP contribution in [0.3, 0.4) is 0 Å². The molecule has 1 fully saturated rings. The summed E-state index contributed by atoms with van der Waals surface area (Å²) in [5, 5.41) is 14.1. The van der Waals surface area contributed by atoms with Crippen molar-refractivity contribution in [2.24, 2.45) is 0 Å². The summed E-state index contributed by atoms with van der Waals surface area (Å²) < 4.78 is 0. The van der Waals surface area contributed by atoms with Crippen molar-refractivity contribution in [3.8, 4) is 0 Å². The summed E-state index contributed by atoms with van der Waals surface area (Å²) >= 11 is 0. The Bertz CT molecular complexity index is 399. The number of anilines is 1. The van der Waals surface area contributed by atoms with E-state index in [1.807, 2.05) is 12.1 Å². The summed E-state index contributed by atoms with van der Waals surface area (Å²) in [5.41, 5.74) is 1.20. The van der Waals surface area contributed by atoms with E-state index in [2.05, 4.69) is 17.1 Å². The van der Waals surface area contributed by atoms with Gasteiger partial charge in [0, 0.05) is 37.0 Å². The summed E-state index contributed by atoms with van der Waals surface area (Å²) in [4.78, 5) is 12.5. The molecule has 0 bridgehead atoms. The minimum absolute atomic E-state index is 0.147. The lowest BCUT2D eigenvalue weighted by molar-refractivity contribution is -0.384. The SMILES string of the molecule is CCN(CC1CCCN1)c1ccc([N+](=O)[O-])cc1. The maximum atomic E-state index is 10.6. The van der Waals surface area contributed by atoms with Gasteiger partial charge in [-0.05, 0) is 38.4 Å². The molecule has 0 saturated carbocycles. The van der Waals surface area contributed by atoms with Crippen LogP contribution in [0.1, 0.15) is 19.8 Å². The Morgan fingerprint density at radius 1 is 1.44 bits per heavy atom. The quantitative estimate of drug-likeness (QED) is 0.642. The van der Waals surface area contributed by atoms with Crippen molar-refractivity contribution in [1.29, 1.82) is 0 Å². The molecule has 0 aromatic heterocycles. The minimum Gasteiger partial charge on any atom is -0.370 e. The third kappa shape index (κ3) is 2.98. The highest BCUT2D eigenvalue weighted by Crippen LogP contribution is 2.20. The van der Waals surface area contributed by atoms with Crippen LogP contribution in [0.2, 0.25) is 0 Å². The van der Waals surface area contributed by atoms with Gasteiger partial charge in [0.1, 0.15) is 0 Å². The molecule has 18 heavy (non-hydrogen) atoms. The zero-order valence-corrected chi connectivity index (χ0v) is 10.6. The second-order valence-electron chi connectivity index (χ2n) is 4.61. The number of nitrogens with zero attached hydrogens (tertiary/aromatic N) is 2. The lowest BCUT2D eigenvalue weighted by Gasteiger charge is -2.26. The van der Waals surface area contributed by atoms with Crippen LogP contribution in [0.5, 0.6) is 0 Å². The van der Waals surface area contributed by atoms with E-state index in [9.17, 15) is 10.1 Å². The van der Waals surface area contributed by atoms with Gasteiger partial charge in [-0.25, -0.2) is 0 Å². The van der Waals surface area contributed by atoms with E-state index in [-0.39, 0.29) is 10.6 Å². The Morgan fingerprint density at radius 3 is 2.67 bits per heavy atom. The van der Waals surface area contributed by atoms with E-state index in [1.165, 1.54) is 12.8 Å². The fourth-order valence-electron chi connectivity index (χ4n) is 2.38. The molecule has 1 heterocycles. The van der Waals surface area contributed by atoms with Crippen LogP contribution in [0, 0.1) is 10.1 Å². The Labute approximate surface area is 107 Å². The number of nitro benzene ring substituents is 1. The molecule has 98 valence electrons. The Hall–Kier alpha value is -1.62. The number of nitrogens with one attached hydrogen (secondary N) is 1. The molecule has 1 atom stereocenters. The van der Waals surface area contributed by atoms with E-state index < -0.39 is 0 Å². The smallest absolute Gasteiger partial charge is 0.269 e. The number of likely N-dealkylation sites (N-methyl/N-ethyl adjacent to an activating group) is 1. The molecule has 5 heteroatoms. The first kappa shape index (κ1) is 12.8. The van der Waals surface area contributed by atoms with Crippen molar-refractivity contribution in [3.05, 3.63) is 34.4 Å². The van der Waals surface area contributed by atoms with Gasteiger partial charge < -0.3 is 10.2 Å². The summed E-state index contributed by atoms with van der Waals surface area (Å²) in [6, 6.07) is 7.34. The highest BCUT2D eigenvalue weighted by atomic mass is 16.6. The summed E-state index contributed by atoms with van der Waals surface area (Å²) in [6.07, 6.45) is 2.45. The van der Waals surface area contributed by atoms with Gasteiger partial charge in [0.05, 0.1) is 4.92 Å². The van der Waals surface area contributed by atoms with Crippen LogP contribution < -0.4 is 10.2 Å². The van der Waals surface area contributed by atoms with Crippen LogP contribution in [0.4, 0.5) is 11.4 Å². The van der Waals surface area contributed by atoms with Gasteiger partial charge in [0.2, 0.25) is 0 Å². The zero-order valence-electron chi connectivity index (χ0n) is 10.6. The number of nitro groups is 1. The van der Waals surface area contributed by atoms with Gasteiger partial charge >= 0.3 is 0 Å². The maximum Gasteiger partial charge on any atom is 0.269 e. The number of rotatable bonds is 5. The summed E-state index contributed by atoms with van der Waals surface area (Å²) in [6.45, 7) is 5.09. The number of benzene rings is 1. The molecule has 1 saturated heterocycles. The lowest BCUT2D eigenvalue weighted by atomic mass is 10.2. The van der Waals surface area contributed by atoms with Gasteiger partial charge in [-0.2, -0.15) is 0 Å². The Morgan fingerprint density at radius 2 is 2.17 bits per heavy atom. The molecule has 0 aliphatic carbocycles. The monoisotopic (exact) mass is 249 g/mol. The molecule has 1 unspecified atom stereocenters. The highest BCUT2D eigenvalue weighted by molar-refractivity contribution is 5.50. The molecule has 0 amide bonds. The van der Waals surface area contributed by atoms with Gasteiger partial charge in [0.15, 0.2) is 0 Å². The van der Waals surface area contributed by atoms with E-state index >= 15 is 0 Å².